The summed E-state index contributed by atoms with van der Waals surface area (Å²) in [4.78, 5) is 25.0. The lowest BCUT2D eigenvalue weighted by molar-refractivity contribution is -0.123. The average Bonchev–Trinajstić information content (AvgIpc) is 2.76. The molecule has 1 aliphatic heterocycles. The second-order valence-corrected chi connectivity index (χ2v) is 9.50. The van der Waals surface area contributed by atoms with Crippen molar-refractivity contribution < 1.29 is 9.53 Å². The molecule has 168 valence electrons. The fourth-order valence-electron chi connectivity index (χ4n) is 3.70. The van der Waals surface area contributed by atoms with E-state index >= 15 is 0 Å². The van der Waals surface area contributed by atoms with Crippen LogP contribution in [0.15, 0.2) is 29.4 Å². The van der Waals surface area contributed by atoms with Gasteiger partial charge in [0.2, 0.25) is 11.9 Å². The molecule has 0 spiro atoms. The average molecular weight is 472 g/mol. The summed E-state index contributed by atoms with van der Waals surface area (Å²) < 4.78 is 5.68. The number of amides is 1. The van der Waals surface area contributed by atoms with Gasteiger partial charge in [-0.2, -0.15) is 9.97 Å². The quantitative estimate of drug-likeness (QED) is 0.365. The van der Waals surface area contributed by atoms with Crippen LogP contribution in [0.3, 0.4) is 0 Å². The summed E-state index contributed by atoms with van der Waals surface area (Å²) in [5.74, 6) is 1.54. The number of unbranched alkanes of at least 4 members (excludes halogenated alkanes) is 1. The van der Waals surface area contributed by atoms with E-state index in [2.05, 4.69) is 26.3 Å². The molecule has 32 heavy (non-hydrogen) atoms. The van der Waals surface area contributed by atoms with Gasteiger partial charge in [0, 0.05) is 23.8 Å². The molecular weight excluding hydrogens is 446 g/mol. The number of carbonyl (C=O) groups is 1. The summed E-state index contributed by atoms with van der Waals surface area (Å²) in [6.07, 6.45) is 1.81. The summed E-state index contributed by atoms with van der Waals surface area (Å²) >= 11 is 8.20. The van der Waals surface area contributed by atoms with Crippen LogP contribution in [0.25, 0.3) is 22.2 Å². The lowest BCUT2D eigenvalue weighted by Crippen LogP contribution is -2.28. The van der Waals surface area contributed by atoms with Crippen molar-refractivity contribution in [3.63, 3.8) is 0 Å². The number of benzene rings is 2. The van der Waals surface area contributed by atoms with E-state index in [9.17, 15) is 4.79 Å². The van der Waals surface area contributed by atoms with Crippen LogP contribution in [0, 0.1) is 5.92 Å². The number of nitrogens with zero attached hydrogens (tertiary/aromatic N) is 3. The third-order valence-electron chi connectivity index (χ3n) is 5.28. The summed E-state index contributed by atoms with van der Waals surface area (Å²) in [6.45, 7) is 5.55. The standard InChI is InChI=1S/C23H26ClN5O2S/c1-13(2)21(30)26-8-3-4-9-32-23-28-20(27-22(25)29-23)19-16-7-5-6-14-11-31-12-15(18(14)16)10-17(19)24/h5-7,10,13H,3-4,8-9,11-12H2,1-2H3,(H,26,30)(H2,25,27,28,29). The molecule has 2 aromatic carbocycles. The minimum absolute atomic E-state index is 0.00517. The SMILES string of the molecule is CC(C)C(=O)NCCCCSc1nc(N)nc(-c2c(Cl)cc3c4c(cccc24)COC3)n1. The van der Waals surface area contributed by atoms with Crippen LogP contribution in [-0.4, -0.2) is 33.2 Å². The van der Waals surface area contributed by atoms with Crippen molar-refractivity contribution >= 4 is 46.0 Å². The second kappa shape index (κ2) is 10.0. The number of ether oxygens (including phenoxy) is 1. The summed E-state index contributed by atoms with van der Waals surface area (Å²) in [5.41, 5.74) is 8.97. The molecule has 3 N–H and O–H groups in total. The van der Waals surface area contributed by atoms with Gasteiger partial charge in [-0.15, -0.1) is 0 Å². The van der Waals surface area contributed by atoms with Gasteiger partial charge in [-0.25, -0.2) is 4.98 Å². The Morgan fingerprint density at radius 1 is 1.22 bits per heavy atom. The molecule has 1 aliphatic rings. The molecule has 3 aromatic rings. The zero-order chi connectivity index (χ0) is 22.7. The van der Waals surface area contributed by atoms with Crippen molar-refractivity contribution in [1.82, 2.24) is 20.3 Å². The van der Waals surface area contributed by atoms with Gasteiger partial charge < -0.3 is 15.8 Å². The van der Waals surface area contributed by atoms with Gasteiger partial charge in [0.05, 0.1) is 18.2 Å². The Kier molecular flexibility index (Phi) is 7.13. The Balaban J connectivity index is 1.52. The Morgan fingerprint density at radius 3 is 2.84 bits per heavy atom. The lowest BCUT2D eigenvalue weighted by atomic mass is 9.94. The van der Waals surface area contributed by atoms with Crippen LogP contribution in [0.2, 0.25) is 5.02 Å². The van der Waals surface area contributed by atoms with E-state index in [1.54, 1.807) is 0 Å². The fourth-order valence-corrected chi connectivity index (χ4v) is 4.86. The maximum Gasteiger partial charge on any atom is 0.224 e. The molecule has 0 saturated heterocycles. The molecule has 4 rings (SSSR count). The van der Waals surface area contributed by atoms with E-state index in [0.29, 0.717) is 35.8 Å². The second-order valence-electron chi connectivity index (χ2n) is 8.03. The molecule has 7 nitrogen and oxygen atoms in total. The van der Waals surface area contributed by atoms with E-state index in [0.717, 1.165) is 46.1 Å². The van der Waals surface area contributed by atoms with E-state index < -0.39 is 0 Å². The van der Waals surface area contributed by atoms with Gasteiger partial charge >= 0.3 is 0 Å². The molecular formula is C23H26ClN5O2S. The number of thioether (sulfide) groups is 1. The van der Waals surface area contributed by atoms with Crippen molar-refractivity contribution in [3.8, 4) is 11.4 Å². The maximum atomic E-state index is 11.6. The van der Waals surface area contributed by atoms with Crippen LogP contribution in [0.4, 0.5) is 5.95 Å². The van der Waals surface area contributed by atoms with Crippen molar-refractivity contribution in [2.24, 2.45) is 5.92 Å². The van der Waals surface area contributed by atoms with Gasteiger partial charge in [0.1, 0.15) is 0 Å². The first-order valence-electron chi connectivity index (χ1n) is 10.7. The topological polar surface area (TPSA) is 103 Å². The first-order valence-corrected chi connectivity index (χ1v) is 12.0. The van der Waals surface area contributed by atoms with Crippen molar-refractivity contribution in [1.29, 1.82) is 0 Å². The maximum absolute atomic E-state index is 11.6. The highest BCUT2D eigenvalue weighted by molar-refractivity contribution is 7.99. The molecule has 0 atom stereocenters. The molecule has 1 amide bonds. The molecule has 0 fully saturated rings. The summed E-state index contributed by atoms with van der Waals surface area (Å²) in [7, 11) is 0. The van der Waals surface area contributed by atoms with Crippen LogP contribution in [0.5, 0.6) is 0 Å². The van der Waals surface area contributed by atoms with Crippen LogP contribution in [0.1, 0.15) is 37.8 Å². The minimum Gasteiger partial charge on any atom is -0.372 e. The predicted octanol–water partition coefficient (Wildman–Crippen LogP) is 4.60. The first kappa shape index (κ1) is 22.8. The number of nitrogen functional groups attached to an aromatic ring is 1. The normalized spacial score (nSPS) is 13.0. The molecule has 2 heterocycles. The molecule has 0 saturated carbocycles. The molecule has 9 heteroatoms. The lowest BCUT2D eigenvalue weighted by Gasteiger charge is -2.20. The molecule has 0 unspecified atom stereocenters. The highest BCUT2D eigenvalue weighted by Gasteiger charge is 2.21. The Hall–Kier alpha value is -2.42. The van der Waals surface area contributed by atoms with Gasteiger partial charge in [-0.3, -0.25) is 4.79 Å². The number of hydrogen-bond donors (Lipinski definition) is 2. The zero-order valence-electron chi connectivity index (χ0n) is 18.2. The van der Waals surface area contributed by atoms with E-state index in [1.165, 1.54) is 11.8 Å². The van der Waals surface area contributed by atoms with Crippen LogP contribution in [-0.2, 0) is 22.7 Å². The third kappa shape index (κ3) is 4.98. The largest absolute Gasteiger partial charge is 0.372 e. The van der Waals surface area contributed by atoms with Gasteiger partial charge in [0.15, 0.2) is 11.0 Å². The zero-order valence-corrected chi connectivity index (χ0v) is 19.7. The molecule has 0 bridgehead atoms. The number of nitrogens with one attached hydrogen (secondary N) is 1. The molecule has 0 aliphatic carbocycles. The summed E-state index contributed by atoms with van der Waals surface area (Å²) in [6, 6.07) is 8.02. The highest BCUT2D eigenvalue weighted by atomic mass is 35.5. The fraction of sp³-hybridized carbons (Fsp3) is 0.391. The molecule has 0 radical (unpaired) electrons. The predicted molar refractivity (Wildman–Crippen MR) is 128 cm³/mol. The Bertz CT molecular complexity index is 1150. The van der Waals surface area contributed by atoms with Gasteiger partial charge in [-0.1, -0.05) is 55.4 Å². The van der Waals surface area contributed by atoms with Crippen molar-refractivity contribution in [3.05, 3.63) is 40.4 Å². The van der Waals surface area contributed by atoms with Crippen LogP contribution >= 0.6 is 23.4 Å². The third-order valence-corrected chi connectivity index (χ3v) is 6.51. The number of rotatable bonds is 8. The van der Waals surface area contributed by atoms with E-state index in [4.69, 9.17) is 22.1 Å². The number of halogens is 1. The first-order chi connectivity index (χ1) is 15.4. The van der Waals surface area contributed by atoms with Crippen molar-refractivity contribution in [2.45, 2.75) is 45.1 Å². The Labute approximate surface area is 196 Å². The van der Waals surface area contributed by atoms with E-state index in [1.807, 2.05) is 32.0 Å². The van der Waals surface area contributed by atoms with Crippen molar-refractivity contribution in [2.75, 3.05) is 18.0 Å². The smallest absolute Gasteiger partial charge is 0.224 e. The molecule has 1 aromatic heterocycles. The highest BCUT2D eigenvalue weighted by Crippen LogP contribution is 2.39. The number of carbonyl (C=O) groups excluding carboxylic acids is 1. The summed E-state index contributed by atoms with van der Waals surface area (Å²) in [5, 5.41) is 6.21. The Morgan fingerprint density at radius 2 is 2.03 bits per heavy atom. The van der Waals surface area contributed by atoms with Gasteiger partial charge in [0.25, 0.3) is 0 Å². The minimum atomic E-state index is 0.00517. The van der Waals surface area contributed by atoms with E-state index in [-0.39, 0.29) is 17.8 Å². The monoisotopic (exact) mass is 471 g/mol. The number of aromatic nitrogens is 3. The van der Waals surface area contributed by atoms with Crippen LogP contribution < -0.4 is 11.1 Å². The number of hydrogen-bond acceptors (Lipinski definition) is 7. The number of anilines is 1. The number of nitrogens with two attached hydrogens (primary N) is 1. The van der Waals surface area contributed by atoms with Gasteiger partial charge in [-0.05, 0) is 40.8 Å².